The average molecular weight is 409 g/mol. The highest BCUT2D eigenvalue weighted by molar-refractivity contribution is 7.19. The number of hydrogen-bond donors (Lipinski definition) is 2. The van der Waals surface area contributed by atoms with Crippen LogP contribution in [0, 0.1) is 19.7 Å². The number of hydrogen-bond acceptors (Lipinski definition) is 4. The number of carboxylic acid groups (broad SMARTS) is 1. The maximum atomic E-state index is 13.1. The van der Waals surface area contributed by atoms with Crippen LogP contribution in [-0.4, -0.2) is 26.4 Å². The van der Waals surface area contributed by atoms with Crippen molar-refractivity contribution >= 4 is 33.9 Å². The predicted molar refractivity (Wildman–Crippen MR) is 109 cm³/mol. The number of anilines is 1. The number of halogens is 1. The normalized spacial score (nSPS) is 11.0. The molecule has 6 nitrogen and oxygen atoms in total. The number of aromatic nitrogens is 2. The number of carbonyl (C=O) groups excluding carboxylic acids is 1. The fourth-order valence-electron chi connectivity index (χ4n) is 2.99. The third kappa shape index (κ3) is 3.50. The van der Waals surface area contributed by atoms with Gasteiger partial charge in [0.1, 0.15) is 10.7 Å². The van der Waals surface area contributed by atoms with E-state index in [0.717, 1.165) is 16.8 Å². The van der Waals surface area contributed by atoms with Gasteiger partial charge in [-0.15, -0.1) is 0 Å². The molecule has 0 saturated heterocycles. The molecule has 146 valence electrons. The molecule has 8 heteroatoms. The molecule has 0 atom stereocenters. The molecular weight excluding hydrogens is 393 g/mol. The summed E-state index contributed by atoms with van der Waals surface area (Å²) in [5.74, 6) is -1.70. The maximum absolute atomic E-state index is 13.1. The summed E-state index contributed by atoms with van der Waals surface area (Å²) < 4.78 is 14.9. The van der Waals surface area contributed by atoms with Gasteiger partial charge in [0.15, 0.2) is 4.96 Å². The standard InChI is InChI=1S/C21H16FN3O3S/c1-11-3-4-14(20(27)28)9-16(11)23-19(26)18-12(2)25-10-17(24-21(25)29-18)13-5-7-15(22)8-6-13/h3-10H,1-2H3,(H,23,26)(H,27,28). The predicted octanol–water partition coefficient (Wildman–Crippen LogP) is 4.77. The van der Waals surface area contributed by atoms with E-state index in [4.69, 9.17) is 5.11 Å². The first-order valence-electron chi connectivity index (χ1n) is 8.73. The van der Waals surface area contributed by atoms with Gasteiger partial charge in [0.2, 0.25) is 0 Å². The Bertz CT molecular complexity index is 1260. The first-order valence-corrected chi connectivity index (χ1v) is 9.55. The highest BCUT2D eigenvalue weighted by atomic mass is 32.1. The first kappa shape index (κ1) is 18.8. The quantitative estimate of drug-likeness (QED) is 0.509. The monoisotopic (exact) mass is 409 g/mol. The van der Waals surface area contributed by atoms with Gasteiger partial charge in [0.25, 0.3) is 5.91 Å². The number of rotatable bonds is 4. The lowest BCUT2D eigenvalue weighted by Crippen LogP contribution is -2.13. The molecule has 2 aromatic heterocycles. The SMILES string of the molecule is Cc1ccc(C(=O)O)cc1NC(=O)c1sc2nc(-c3ccc(F)cc3)cn2c1C. The van der Waals surface area contributed by atoms with Gasteiger partial charge in [-0.05, 0) is 55.8 Å². The Morgan fingerprint density at radius 3 is 2.52 bits per heavy atom. The number of benzene rings is 2. The summed E-state index contributed by atoms with van der Waals surface area (Å²) in [4.78, 5) is 29.6. The Morgan fingerprint density at radius 1 is 1.14 bits per heavy atom. The zero-order chi connectivity index (χ0) is 20.7. The van der Waals surface area contributed by atoms with Gasteiger partial charge in [-0.25, -0.2) is 14.2 Å². The largest absolute Gasteiger partial charge is 0.478 e. The van der Waals surface area contributed by atoms with Crippen LogP contribution >= 0.6 is 11.3 Å². The van der Waals surface area contributed by atoms with Gasteiger partial charge < -0.3 is 10.4 Å². The minimum Gasteiger partial charge on any atom is -0.478 e. The molecule has 4 aromatic rings. The van der Waals surface area contributed by atoms with Gasteiger partial charge in [0, 0.05) is 23.1 Å². The van der Waals surface area contributed by atoms with Crippen molar-refractivity contribution in [2.24, 2.45) is 0 Å². The smallest absolute Gasteiger partial charge is 0.335 e. The lowest BCUT2D eigenvalue weighted by molar-refractivity contribution is 0.0696. The summed E-state index contributed by atoms with van der Waals surface area (Å²) >= 11 is 1.24. The lowest BCUT2D eigenvalue weighted by Gasteiger charge is -2.09. The number of aromatic carboxylic acids is 1. The van der Waals surface area contributed by atoms with Gasteiger partial charge in [-0.3, -0.25) is 9.20 Å². The van der Waals surface area contributed by atoms with Crippen molar-refractivity contribution in [3.05, 3.63) is 76.2 Å². The molecule has 4 rings (SSSR count). The van der Waals surface area contributed by atoms with E-state index in [1.54, 1.807) is 25.1 Å². The highest BCUT2D eigenvalue weighted by Gasteiger charge is 2.19. The number of thiazole rings is 1. The van der Waals surface area contributed by atoms with Crippen LogP contribution in [0.2, 0.25) is 0 Å². The number of fused-ring (bicyclic) bond motifs is 1. The Labute approximate surface area is 169 Å². The van der Waals surface area contributed by atoms with Gasteiger partial charge in [-0.1, -0.05) is 17.4 Å². The van der Waals surface area contributed by atoms with E-state index in [1.807, 2.05) is 17.5 Å². The molecular formula is C21H16FN3O3S. The number of nitrogens with zero attached hydrogens (tertiary/aromatic N) is 2. The first-order chi connectivity index (χ1) is 13.8. The number of nitrogens with one attached hydrogen (secondary N) is 1. The van der Waals surface area contributed by atoms with E-state index in [2.05, 4.69) is 10.3 Å². The minimum absolute atomic E-state index is 0.104. The van der Waals surface area contributed by atoms with Crippen LogP contribution in [0.15, 0.2) is 48.7 Å². The number of carbonyl (C=O) groups is 2. The molecule has 0 spiro atoms. The van der Waals surface area contributed by atoms with Crippen molar-refractivity contribution in [1.82, 2.24) is 9.38 Å². The third-order valence-electron chi connectivity index (χ3n) is 4.64. The number of carboxylic acids is 1. The number of amides is 1. The fourth-order valence-corrected chi connectivity index (χ4v) is 3.99. The van der Waals surface area contributed by atoms with Crippen molar-refractivity contribution in [3.63, 3.8) is 0 Å². The molecule has 0 aliphatic rings. The summed E-state index contributed by atoms with van der Waals surface area (Å²) in [6.45, 7) is 3.61. The van der Waals surface area contributed by atoms with E-state index in [-0.39, 0.29) is 17.3 Å². The van der Waals surface area contributed by atoms with Gasteiger partial charge in [-0.2, -0.15) is 0 Å². The van der Waals surface area contributed by atoms with Crippen molar-refractivity contribution in [2.45, 2.75) is 13.8 Å². The fraction of sp³-hybridized carbons (Fsp3) is 0.0952. The van der Waals surface area contributed by atoms with E-state index < -0.39 is 5.97 Å². The zero-order valence-corrected chi connectivity index (χ0v) is 16.4. The molecule has 0 saturated carbocycles. The van der Waals surface area contributed by atoms with Crippen LogP contribution in [0.25, 0.3) is 16.2 Å². The van der Waals surface area contributed by atoms with E-state index in [9.17, 15) is 14.0 Å². The summed E-state index contributed by atoms with van der Waals surface area (Å²) in [5.41, 5.74) is 3.52. The topological polar surface area (TPSA) is 83.7 Å². The molecule has 0 aliphatic heterocycles. The highest BCUT2D eigenvalue weighted by Crippen LogP contribution is 2.28. The molecule has 2 heterocycles. The summed E-state index contributed by atoms with van der Waals surface area (Å²) in [6.07, 6.45) is 1.81. The van der Waals surface area contributed by atoms with Crippen molar-refractivity contribution in [1.29, 1.82) is 0 Å². The zero-order valence-electron chi connectivity index (χ0n) is 15.6. The molecule has 0 unspecified atom stereocenters. The molecule has 0 bridgehead atoms. The van der Waals surface area contributed by atoms with Crippen LogP contribution in [-0.2, 0) is 0 Å². The lowest BCUT2D eigenvalue weighted by atomic mass is 10.1. The second-order valence-electron chi connectivity index (χ2n) is 6.59. The van der Waals surface area contributed by atoms with E-state index in [1.165, 1.54) is 35.6 Å². The van der Waals surface area contributed by atoms with Crippen LogP contribution in [0.4, 0.5) is 10.1 Å². The van der Waals surface area contributed by atoms with Crippen LogP contribution in [0.1, 0.15) is 31.3 Å². The third-order valence-corrected chi connectivity index (χ3v) is 5.79. The van der Waals surface area contributed by atoms with Crippen LogP contribution < -0.4 is 5.32 Å². The minimum atomic E-state index is -1.06. The van der Waals surface area contributed by atoms with E-state index >= 15 is 0 Å². The molecule has 29 heavy (non-hydrogen) atoms. The number of imidazole rings is 1. The second kappa shape index (κ2) is 7.14. The summed E-state index contributed by atoms with van der Waals surface area (Å²) in [6, 6.07) is 10.7. The Balaban J connectivity index is 1.64. The van der Waals surface area contributed by atoms with Gasteiger partial charge >= 0.3 is 5.97 Å². The molecule has 1 amide bonds. The van der Waals surface area contributed by atoms with Crippen molar-refractivity contribution < 1.29 is 19.1 Å². The molecule has 2 N–H and O–H groups in total. The van der Waals surface area contributed by atoms with Crippen LogP contribution in [0.5, 0.6) is 0 Å². The Kier molecular flexibility index (Phi) is 4.63. The second-order valence-corrected chi connectivity index (χ2v) is 7.57. The van der Waals surface area contributed by atoms with Crippen molar-refractivity contribution in [2.75, 3.05) is 5.32 Å². The average Bonchev–Trinajstić information content (AvgIpc) is 3.23. The summed E-state index contributed by atoms with van der Waals surface area (Å²) in [7, 11) is 0. The Morgan fingerprint density at radius 2 is 1.86 bits per heavy atom. The number of aryl methyl sites for hydroxylation is 2. The maximum Gasteiger partial charge on any atom is 0.335 e. The summed E-state index contributed by atoms with van der Waals surface area (Å²) in [5, 5.41) is 11.9. The van der Waals surface area contributed by atoms with Gasteiger partial charge in [0.05, 0.1) is 11.3 Å². The Hall–Kier alpha value is -3.52. The van der Waals surface area contributed by atoms with E-state index in [0.29, 0.717) is 21.2 Å². The molecule has 0 aliphatic carbocycles. The van der Waals surface area contributed by atoms with Crippen molar-refractivity contribution in [3.8, 4) is 11.3 Å². The molecule has 0 radical (unpaired) electrons. The molecule has 2 aromatic carbocycles. The van der Waals surface area contributed by atoms with Crippen LogP contribution in [0.3, 0.4) is 0 Å². The molecule has 0 fully saturated rings.